The van der Waals surface area contributed by atoms with Gasteiger partial charge in [0, 0.05) is 5.56 Å². The van der Waals surface area contributed by atoms with Crippen LogP contribution in [0.15, 0.2) is 30.3 Å². The third kappa shape index (κ3) is 3.18. The minimum atomic E-state index is -0.578. The van der Waals surface area contributed by atoms with Gasteiger partial charge in [0.25, 0.3) is 0 Å². The van der Waals surface area contributed by atoms with E-state index in [0.717, 1.165) is 16.7 Å². The Morgan fingerprint density at radius 3 is 2.35 bits per heavy atom. The molecule has 0 aliphatic carbocycles. The summed E-state index contributed by atoms with van der Waals surface area (Å²) in [6.07, 6.45) is 0.481. The normalized spacial score (nSPS) is 12.5. The largest absolute Gasteiger partial charge is 0.207 e. The summed E-state index contributed by atoms with van der Waals surface area (Å²) in [6, 6.07) is 8.47. The standard InChI is InChI=1S/C17H17ClF2/c1-10-4-5-11(2)13(6-10)8-15(18)14-9-16(19)12(3)7-17(14)20/h4-7,9,15H,8H2,1-3H3. The number of halogens is 3. The van der Waals surface area contributed by atoms with Gasteiger partial charge >= 0.3 is 0 Å². The molecule has 106 valence electrons. The van der Waals surface area contributed by atoms with Gasteiger partial charge in [0.2, 0.25) is 0 Å². The van der Waals surface area contributed by atoms with Gasteiger partial charge in [-0.25, -0.2) is 8.78 Å². The average Bonchev–Trinajstić information content (AvgIpc) is 2.38. The van der Waals surface area contributed by atoms with Gasteiger partial charge in [-0.3, -0.25) is 0 Å². The fourth-order valence-electron chi connectivity index (χ4n) is 2.22. The summed E-state index contributed by atoms with van der Waals surface area (Å²) >= 11 is 6.29. The molecule has 1 unspecified atom stereocenters. The summed E-state index contributed by atoms with van der Waals surface area (Å²) in [6.45, 7) is 5.53. The molecule has 2 rings (SSSR count). The monoisotopic (exact) mass is 294 g/mol. The van der Waals surface area contributed by atoms with Crippen LogP contribution >= 0.6 is 11.6 Å². The Morgan fingerprint density at radius 1 is 0.950 bits per heavy atom. The van der Waals surface area contributed by atoms with Gasteiger partial charge in [-0.15, -0.1) is 11.6 Å². The quantitative estimate of drug-likeness (QED) is 0.664. The summed E-state index contributed by atoms with van der Waals surface area (Å²) in [5, 5.41) is -0.578. The van der Waals surface area contributed by atoms with E-state index in [2.05, 4.69) is 0 Å². The van der Waals surface area contributed by atoms with Gasteiger partial charge in [0.05, 0.1) is 5.38 Å². The summed E-state index contributed by atoms with van der Waals surface area (Å²) in [4.78, 5) is 0. The number of hydrogen-bond donors (Lipinski definition) is 0. The van der Waals surface area contributed by atoms with E-state index in [1.165, 1.54) is 19.1 Å². The number of aryl methyl sites for hydroxylation is 3. The van der Waals surface area contributed by atoms with Gasteiger partial charge < -0.3 is 0 Å². The molecule has 3 heteroatoms. The lowest BCUT2D eigenvalue weighted by Gasteiger charge is -2.14. The molecule has 0 fully saturated rings. The van der Waals surface area contributed by atoms with Gasteiger partial charge in [-0.1, -0.05) is 23.8 Å². The topological polar surface area (TPSA) is 0 Å². The average molecular weight is 295 g/mol. The number of alkyl halides is 1. The van der Waals surface area contributed by atoms with Gasteiger partial charge in [-0.2, -0.15) is 0 Å². The number of hydrogen-bond acceptors (Lipinski definition) is 0. The molecule has 2 aromatic rings. The first-order valence-electron chi connectivity index (χ1n) is 6.54. The van der Waals surface area contributed by atoms with Crippen LogP contribution in [0.1, 0.15) is 33.2 Å². The Hall–Kier alpha value is -1.41. The van der Waals surface area contributed by atoms with Gasteiger partial charge in [-0.05, 0) is 56.0 Å². The van der Waals surface area contributed by atoms with Crippen molar-refractivity contribution in [3.05, 3.63) is 69.8 Å². The maximum Gasteiger partial charge on any atom is 0.128 e. The van der Waals surface area contributed by atoms with Gasteiger partial charge in [0.15, 0.2) is 0 Å². The Morgan fingerprint density at radius 2 is 1.65 bits per heavy atom. The summed E-state index contributed by atoms with van der Waals surface area (Å²) in [7, 11) is 0. The lowest BCUT2D eigenvalue weighted by atomic mass is 9.97. The van der Waals surface area contributed by atoms with E-state index < -0.39 is 17.0 Å². The second kappa shape index (κ2) is 5.92. The highest BCUT2D eigenvalue weighted by Gasteiger charge is 2.17. The Bertz CT molecular complexity index is 635. The predicted octanol–water partition coefficient (Wildman–Crippen LogP) is 5.41. The van der Waals surface area contributed by atoms with Crippen LogP contribution in [0.4, 0.5) is 8.78 Å². The summed E-state index contributed by atoms with van der Waals surface area (Å²) in [5.74, 6) is -0.873. The maximum absolute atomic E-state index is 13.9. The van der Waals surface area contributed by atoms with E-state index in [1.807, 2.05) is 32.0 Å². The first-order valence-corrected chi connectivity index (χ1v) is 6.98. The fourth-order valence-corrected chi connectivity index (χ4v) is 2.56. The van der Waals surface area contributed by atoms with Crippen LogP contribution in [-0.2, 0) is 6.42 Å². The van der Waals surface area contributed by atoms with Crippen LogP contribution in [0.2, 0.25) is 0 Å². The van der Waals surface area contributed by atoms with E-state index in [4.69, 9.17) is 11.6 Å². The zero-order valence-corrected chi connectivity index (χ0v) is 12.6. The molecule has 0 saturated heterocycles. The molecule has 0 aliphatic heterocycles. The van der Waals surface area contributed by atoms with Crippen LogP contribution in [0.5, 0.6) is 0 Å². The molecule has 1 atom stereocenters. The molecular formula is C17H17ClF2. The van der Waals surface area contributed by atoms with E-state index in [-0.39, 0.29) is 5.56 Å². The lowest BCUT2D eigenvalue weighted by Crippen LogP contribution is -2.03. The van der Waals surface area contributed by atoms with E-state index in [1.54, 1.807) is 0 Å². The minimum absolute atomic E-state index is 0.218. The predicted molar refractivity (Wildman–Crippen MR) is 79.3 cm³/mol. The third-order valence-electron chi connectivity index (χ3n) is 3.52. The second-order valence-corrected chi connectivity index (χ2v) is 5.75. The molecule has 0 heterocycles. The smallest absolute Gasteiger partial charge is 0.128 e. The van der Waals surface area contributed by atoms with E-state index >= 15 is 0 Å². The molecular weight excluding hydrogens is 278 g/mol. The molecule has 2 aromatic carbocycles. The first-order chi connectivity index (χ1) is 9.38. The Kier molecular flexibility index (Phi) is 4.44. The van der Waals surface area contributed by atoms with Crippen molar-refractivity contribution in [1.29, 1.82) is 0 Å². The maximum atomic E-state index is 13.9. The SMILES string of the molecule is Cc1ccc(C)c(CC(Cl)c2cc(F)c(C)cc2F)c1. The highest BCUT2D eigenvalue weighted by atomic mass is 35.5. The molecule has 0 radical (unpaired) electrons. The number of rotatable bonds is 3. The highest BCUT2D eigenvalue weighted by Crippen LogP contribution is 2.30. The van der Waals surface area contributed by atoms with Crippen LogP contribution < -0.4 is 0 Å². The molecule has 0 amide bonds. The highest BCUT2D eigenvalue weighted by molar-refractivity contribution is 6.21. The van der Waals surface area contributed by atoms with E-state index in [0.29, 0.717) is 12.0 Å². The van der Waals surface area contributed by atoms with Crippen molar-refractivity contribution in [2.75, 3.05) is 0 Å². The van der Waals surface area contributed by atoms with Crippen molar-refractivity contribution in [3.8, 4) is 0 Å². The molecule has 0 nitrogen and oxygen atoms in total. The Balaban J connectivity index is 2.30. The van der Waals surface area contributed by atoms with Crippen molar-refractivity contribution in [1.82, 2.24) is 0 Å². The Labute approximate surface area is 123 Å². The third-order valence-corrected chi connectivity index (χ3v) is 3.91. The van der Waals surface area contributed by atoms with Crippen LogP contribution in [0, 0.1) is 32.4 Å². The zero-order valence-electron chi connectivity index (χ0n) is 11.8. The van der Waals surface area contributed by atoms with Gasteiger partial charge in [0.1, 0.15) is 11.6 Å². The summed E-state index contributed by atoms with van der Waals surface area (Å²) in [5.41, 5.74) is 3.81. The van der Waals surface area contributed by atoms with Crippen molar-refractivity contribution in [3.63, 3.8) is 0 Å². The van der Waals surface area contributed by atoms with Crippen LogP contribution in [-0.4, -0.2) is 0 Å². The summed E-state index contributed by atoms with van der Waals surface area (Å²) < 4.78 is 27.5. The number of benzene rings is 2. The molecule has 0 aromatic heterocycles. The minimum Gasteiger partial charge on any atom is -0.207 e. The second-order valence-electron chi connectivity index (χ2n) is 5.22. The first kappa shape index (κ1) is 15.0. The molecule has 0 aliphatic rings. The van der Waals surface area contributed by atoms with Crippen LogP contribution in [0.25, 0.3) is 0 Å². The molecule has 0 spiro atoms. The molecule has 0 saturated carbocycles. The van der Waals surface area contributed by atoms with Crippen molar-refractivity contribution in [2.24, 2.45) is 0 Å². The lowest BCUT2D eigenvalue weighted by molar-refractivity contribution is 0.575. The van der Waals surface area contributed by atoms with Crippen molar-refractivity contribution < 1.29 is 8.78 Å². The van der Waals surface area contributed by atoms with Crippen molar-refractivity contribution >= 4 is 11.6 Å². The zero-order chi connectivity index (χ0) is 14.9. The molecule has 20 heavy (non-hydrogen) atoms. The molecule has 0 bridgehead atoms. The van der Waals surface area contributed by atoms with Crippen molar-refractivity contribution in [2.45, 2.75) is 32.6 Å². The fraction of sp³-hybridized carbons (Fsp3) is 0.294. The van der Waals surface area contributed by atoms with E-state index in [9.17, 15) is 8.78 Å². The molecule has 0 N–H and O–H groups in total. The van der Waals surface area contributed by atoms with Crippen LogP contribution in [0.3, 0.4) is 0 Å².